The van der Waals surface area contributed by atoms with E-state index >= 15 is 0 Å². The van der Waals surface area contributed by atoms with Crippen molar-refractivity contribution in [2.75, 3.05) is 13.2 Å². The zero-order valence-corrected chi connectivity index (χ0v) is 26.4. The molecule has 0 fully saturated rings. The predicted molar refractivity (Wildman–Crippen MR) is 166 cm³/mol. The van der Waals surface area contributed by atoms with Gasteiger partial charge >= 0.3 is 0 Å². The zero-order chi connectivity index (χ0) is 28.9. The smallest absolute Gasteiger partial charge is 0.164 e. The lowest BCUT2D eigenvalue weighted by molar-refractivity contribution is -0.189. The van der Waals surface area contributed by atoms with Gasteiger partial charge in [0.05, 0.1) is 13.2 Å². The number of hydrogen-bond donors (Lipinski definition) is 4. The Balaban J connectivity index is 3.52. The summed E-state index contributed by atoms with van der Waals surface area (Å²) in [5.74, 6) is -3.38. The van der Waals surface area contributed by atoms with Crippen LogP contribution in [-0.4, -0.2) is 45.2 Å². The Morgan fingerprint density at radius 3 is 0.821 bits per heavy atom. The summed E-state index contributed by atoms with van der Waals surface area (Å²) < 4.78 is 5.49. The highest BCUT2D eigenvalue weighted by Gasteiger charge is 2.24. The molecule has 0 rings (SSSR count). The van der Waals surface area contributed by atoms with Gasteiger partial charge < -0.3 is 25.2 Å². The van der Waals surface area contributed by atoms with Crippen molar-refractivity contribution < 1.29 is 25.2 Å². The molecule has 0 aromatic carbocycles. The first-order valence-corrected chi connectivity index (χ1v) is 17.3. The lowest BCUT2D eigenvalue weighted by Crippen LogP contribution is -2.31. The normalized spacial score (nSPS) is 12.5. The summed E-state index contributed by atoms with van der Waals surface area (Å²) >= 11 is 0. The quantitative estimate of drug-likeness (QED) is 0.0488. The fourth-order valence-electron chi connectivity index (χ4n) is 5.32. The van der Waals surface area contributed by atoms with E-state index in [2.05, 4.69) is 13.8 Å². The molecule has 0 aromatic rings. The highest BCUT2D eigenvalue weighted by Crippen LogP contribution is 2.20. The van der Waals surface area contributed by atoms with Gasteiger partial charge in [-0.1, -0.05) is 155 Å². The lowest BCUT2D eigenvalue weighted by Gasteiger charge is -2.23. The third-order valence-corrected chi connectivity index (χ3v) is 8.15. The first-order valence-electron chi connectivity index (χ1n) is 17.3. The van der Waals surface area contributed by atoms with Crippen LogP contribution < -0.4 is 0 Å². The van der Waals surface area contributed by atoms with Crippen molar-refractivity contribution >= 4 is 0 Å². The van der Waals surface area contributed by atoms with Crippen LogP contribution in [0, 0.1) is 0 Å². The topological polar surface area (TPSA) is 90.2 Å². The van der Waals surface area contributed by atoms with E-state index < -0.39 is 11.6 Å². The van der Waals surface area contributed by atoms with Crippen molar-refractivity contribution in [3.63, 3.8) is 0 Å². The molecule has 0 aromatic heterocycles. The molecule has 0 saturated heterocycles. The van der Waals surface area contributed by atoms with Crippen molar-refractivity contribution in [2.45, 2.75) is 205 Å². The number of aliphatic hydroxyl groups is 4. The van der Waals surface area contributed by atoms with Gasteiger partial charge in [-0.15, -0.1) is 0 Å². The van der Waals surface area contributed by atoms with Crippen LogP contribution in [0.4, 0.5) is 0 Å². The van der Waals surface area contributed by atoms with Gasteiger partial charge in [0.25, 0.3) is 0 Å². The maximum atomic E-state index is 10.2. The Morgan fingerprint density at radius 2 is 0.564 bits per heavy atom. The van der Waals surface area contributed by atoms with Crippen LogP contribution in [0.15, 0.2) is 0 Å². The van der Waals surface area contributed by atoms with Crippen LogP contribution in [0.2, 0.25) is 0 Å². The van der Waals surface area contributed by atoms with E-state index in [1.165, 1.54) is 116 Å². The van der Waals surface area contributed by atoms with E-state index in [-0.39, 0.29) is 26.1 Å². The van der Waals surface area contributed by atoms with Gasteiger partial charge in [-0.2, -0.15) is 0 Å². The second kappa shape index (κ2) is 27.9. The molecular weight excluding hydrogens is 488 g/mol. The first kappa shape index (κ1) is 38.8. The average Bonchev–Trinajstić information content (AvgIpc) is 2.89. The molecule has 0 radical (unpaired) electrons. The second-order valence-corrected chi connectivity index (χ2v) is 12.4. The summed E-state index contributed by atoms with van der Waals surface area (Å²) in [5.41, 5.74) is 0. The molecule has 0 heterocycles. The molecule has 5 heteroatoms. The fourth-order valence-corrected chi connectivity index (χ4v) is 5.32. The Morgan fingerprint density at radius 1 is 0.333 bits per heavy atom. The number of hydrogen-bond acceptors (Lipinski definition) is 5. The number of ether oxygens (including phenoxy) is 1. The molecule has 236 valence electrons. The maximum Gasteiger partial charge on any atom is 0.164 e. The molecule has 4 N–H and O–H groups in total. The van der Waals surface area contributed by atoms with E-state index in [0.717, 1.165) is 38.5 Å². The van der Waals surface area contributed by atoms with E-state index in [0.29, 0.717) is 12.8 Å². The van der Waals surface area contributed by atoms with Crippen molar-refractivity contribution in [3.8, 4) is 0 Å². The van der Waals surface area contributed by atoms with Crippen LogP contribution in [0.25, 0.3) is 0 Å². The summed E-state index contributed by atoms with van der Waals surface area (Å²) in [6.45, 7) is 4.96. The molecule has 0 unspecified atom stereocenters. The van der Waals surface area contributed by atoms with Crippen molar-refractivity contribution in [1.29, 1.82) is 0 Å². The van der Waals surface area contributed by atoms with Gasteiger partial charge in [0.15, 0.2) is 11.6 Å². The van der Waals surface area contributed by atoms with E-state index in [4.69, 9.17) is 4.74 Å². The third-order valence-electron chi connectivity index (χ3n) is 8.15. The second-order valence-electron chi connectivity index (χ2n) is 12.4. The summed E-state index contributed by atoms with van der Waals surface area (Å²) in [5, 5.41) is 40.8. The average molecular weight is 559 g/mol. The Bertz CT molecular complexity index is 438. The highest BCUT2D eigenvalue weighted by atomic mass is 16.5. The largest absolute Gasteiger partial charge is 0.381 e. The van der Waals surface area contributed by atoms with Gasteiger partial charge in [-0.25, -0.2) is 0 Å². The Hall–Kier alpha value is -0.200. The third kappa shape index (κ3) is 30.6. The summed E-state index contributed by atoms with van der Waals surface area (Å²) in [6, 6.07) is 0. The minimum atomic E-state index is -1.69. The molecule has 0 aliphatic carbocycles. The van der Waals surface area contributed by atoms with Gasteiger partial charge in [0.1, 0.15) is 0 Å². The van der Waals surface area contributed by atoms with Crippen LogP contribution in [0.3, 0.4) is 0 Å². The van der Waals surface area contributed by atoms with E-state index in [9.17, 15) is 20.4 Å². The standard InChI is InChI=1S/C34H70O5/c1-3-5-7-9-11-13-15-17-19-21-23-25-27-33(35,36)29-31-39-32-30-34(37,38)28-26-24-22-20-18-16-14-12-10-8-6-4-2/h35-38H,3-32H2,1-2H3. The molecule has 0 bridgehead atoms. The van der Waals surface area contributed by atoms with Crippen molar-refractivity contribution in [3.05, 3.63) is 0 Å². The van der Waals surface area contributed by atoms with E-state index in [1.54, 1.807) is 0 Å². The Kier molecular flexibility index (Phi) is 27.8. The molecular formula is C34H70O5. The summed E-state index contributed by atoms with van der Waals surface area (Å²) in [6.07, 6.45) is 31.2. The monoisotopic (exact) mass is 559 g/mol. The number of unbranched alkanes of at least 4 members (excludes halogenated alkanes) is 22. The highest BCUT2D eigenvalue weighted by molar-refractivity contribution is 4.67. The van der Waals surface area contributed by atoms with Gasteiger partial charge in [0.2, 0.25) is 0 Å². The van der Waals surface area contributed by atoms with Gasteiger partial charge in [-0.3, -0.25) is 0 Å². The fraction of sp³-hybridized carbons (Fsp3) is 1.00. The minimum Gasteiger partial charge on any atom is -0.381 e. The van der Waals surface area contributed by atoms with Crippen molar-refractivity contribution in [2.24, 2.45) is 0 Å². The lowest BCUT2D eigenvalue weighted by atomic mass is 10.0. The molecule has 0 saturated carbocycles. The first-order chi connectivity index (χ1) is 18.8. The number of rotatable bonds is 32. The Labute approximate surface area is 243 Å². The summed E-state index contributed by atoms with van der Waals surface area (Å²) in [4.78, 5) is 0. The minimum absolute atomic E-state index is 0.160. The van der Waals surface area contributed by atoms with Crippen LogP contribution in [0.5, 0.6) is 0 Å². The van der Waals surface area contributed by atoms with Crippen molar-refractivity contribution in [1.82, 2.24) is 0 Å². The maximum absolute atomic E-state index is 10.2. The molecule has 0 aliphatic heterocycles. The van der Waals surface area contributed by atoms with Gasteiger partial charge in [-0.05, 0) is 12.8 Å². The zero-order valence-electron chi connectivity index (χ0n) is 26.4. The van der Waals surface area contributed by atoms with Crippen LogP contribution in [0.1, 0.15) is 194 Å². The van der Waals surface area contributed by atoms with Crippen LogP contribution >= 0.6 is 0 Å². The van der Waals surface area contributed by atoms with Gasteiger partial charge in [0, 0.05) is 25.7 Å². The predicted octanol–water partition coefficient (Wildman–Crippen LogP) is 9.33. The molecule has 0 aliphatic rings. The van der Waals surface area contributed by atoms with Crippen LogP contribution in [-0.2, 0) is 4.74 Å². The molecule has 39 heavy (non-hydrogen) atoms. The molecule has 5 nitrogen and oxygen atoms in total. The molecule has 0 spiro atoms. The van der Waals surface area contributed by atoms with E-state index in [1.807, 2.05) is 0 Å². The SMILES string of the molecule is CCCCCCCCCCCCCCC(O)(O)CCOCCC(O)(O)CCCCCCCCCCCCCC. The molecule has 0 amide bonds. The molecule has 0 atom stereocenters. The summed E-state index contributed by atoms with van der Waals surface area (Å²) in [7, 11) is 0.